The van der Waals surface area contributed by atoms with E-state index in [-0.39, 0.29) is 33.6 Å². The van der Waals surface area contributed by atoms with Gasteiger partial charge in [0, 0.05) is 92.5 Å². The molecule has 4 amide bonds. The highest BCUT2D eigenvalue weighted by molar-refractivity contribution is 6.29. The van der Waals surface area contributed by atoms with Crippen molar-refractivity contribution in [2.24, 2.45) is 37.5 Å². The molecule has 2 N–H and O–H groups in total. The van der Waals surface area contributed by atoms with Crippen LogP contribution in [0, 0.1) is 39.4 Å². The van der Waals surface area contributed by atoms with Gasteiger partial charge in [0.05, 0.1) is 51.3 Å². The standard InChI is InChI=1S/C19H27N5O.C15H20N2O2.C15H23NO.C14H20N2O.C9H14ClNO.C9H15NO2/c1-13-12-16(23-18(20)22-13)24-11-9-19(2,3)8-7-15(24)14-6-5-10-21-17(14)25-4;1-15(2)7-6-13(17(11-18)10-8-15)12-5-4-9-16-14(12)19-3;1-15(2)9-4-6-12(8-10-15)13-7-5-11-16-14(13)17-3;1-14(2)7-6-12(15-10-8-14)11-5-4-9-16-13(11)17-3;1-9(2)4-3-8(10)11(7-12)6-5-9;1-9(2)4-3-8(12)10(7-11)6-5-9/h5-6,10,12,15H,7-9,11H2,1-4H3,(H2,20,22,23);4-6,9,11H,7-8,10H2,1-3H3;5,7,11-12H,4,6,8-10H2,1-3H3;4-5,9H,6-8,10H2,1-3H3;3,7H,4-6H2,1-2H3;7H,3-6H2,1-2H3. The van der Waals surface area contributed by atoms with E-state index < -0.39 is 0 Å². The van der Waals surface area contributed by atoms with Crippen LogP contribution >= 0.6 is 11.6 Å². The van der Waals surface area contributed by atoms with Gasteiger partial charge in [-0.1, -0.05) is 119 Å². The number of hydrogen-bond donors (Lipinski definition) is 1. The molecule has 5 aromatic rings. The number of anilines is 2. The number of aromatic nitrogens is 6. The van der Waals surface area contributed by atoms with Crippen LogP contribution in [-0.2, 0) is 19.2 Å². The third kappa shape index (κ3) is 25.8. The zero-order valence-corrected chi connectivity index (χ0v) is 65.2. The fourth-order valence-corrected chi connectivity index (χ4v) is 13.6. The molecule has 5 aliphatic heterocycles. The number of likely N-dealkylation sites (tertiary alicyclic amines) is 1. The molecule has 5 aromatic heterocycles. The summed E-state index contributed by atoms with van der Waals surface area (Å²) in [6.07, 6.45) is 32.6. The number of carbonyl (C=O) groups excluding carboxylic acids is 4. The first kappa shape index (κ1) is 83.0. The summed E-state index contributed by atoms with van der Waals surface area (Å²) in [5.41, 5.74) is 15.0. The number of rotatable bonds is 12. The van der Waals surface area contributed by atoms with Crippen molar-refractivity contribution < 1.29 is 38.1 Å². The maximum atomic E-state index is 11.3. The van der Waals surface area contributed by atoms with Gasteiger partial charge in [-0.15, -0.1) is 0 Å². The molecule has 6 aliphatic rings. The Balaban J connectivity index is 0.000000196. The lowest BCUT2D eigenvalue weighted by Gasteiger charge is -2.32. The number of pyridine rings is 4. The van der Waals surface area contributed by atoms with Crippen LogP contribution in [0.1, 0.15) is 239 Å². The lowest BCUT2D eigenvalue weighted by molar-refractivity contribution is -0.137. The molecule has 3 fully saturated rings. The summed E-state index contributed by atoms with van der Waals surface area (Å²) >= 11 is 5.87. The largest absolute Gasteiger partial charge is 0.481 e. The van der Waals surface area contributed by atoms with Crippen LogP contribution in [0.3, 0.4) is 0 Å². The zero-order valence-electron chi connectivity index (χ0n) is 64.5. The maximum Gasteiger partial charge on any atom is 0.228 e. The summed E-state index contributed by atoms with van der Waals surface area (Å²) in [5.74, 6) is 4.52. The molecule has 21 heteroatoms. The molecular formula is C81H119ClN12O8. The molecule has 0 radical (unpaired) electrons. The first-order chi connectivity index (χ1) is 48.3. The van der Waals surface area contributed by atoms with Crippen molar-refractivity contribution in [2.75, 3.05) is 71.8 Å². The molecule has 1 aliphatic carbocycles. The molecule has 2 saturated heterocycles. The molecule has 102 heavy (non-hydrogen) atoms. The highest BCUT2D eigenvalue weighted by Crippen LogP contribution is 2.45. The van der Waals surface area contributed by atoms with Crippen LogP contribution in [0.4, 0.5) is 11.8 Å². The molecule has 2 atom stereocenters. The number of amides is 4. The van der Waals surface area contributed by atoms with E-state index >= 15 is 0 Å². The molecule has 11 rings (SSSR count). The number of carbonyl (C=O) groups is 4. The van der Waals surface area contributed by atoms with Gasteiger partial charge in [0.25, 0.3) is 0 Å². The van der Waals surface area contributed by atoms with E-state index in [1.165, 1.54) is 49.0 Å². The van der Waals surface area contributed by atoms with Gasteiger partial charge in [-0.25, -0.2) is 24.9 Å². The second-order valence-electron chi connectivity index (χ2n) is 32.3. The van der Waals surface area contributed by atoms with E-state index in [9.17, 15) is 19.2 Å². The van der Waals surface area contributed by atoms with E-state index in [1.807, 2.05) is 61.7 Å². The first-order valence-electron chi connectivity index (χ1n) is 36.4. The minimum absolute atomic E-state index is 0.0319. The maximum absolute atomic E-state index is 11.3. The Kier molecular flexibility index (Phi) is 31.3. The Bertz CT molecular complexity index is 3580. The van der Waals surface area contributed by atoms with Gasteiger partial charge < -0.3 is 39.4 Å². The Morgan fingerprint density at radius 2 is 0.990 bits per heavy atom. The smallest absolute Gasteiger partial charge is 0.228 e. The van der Waals surface area contributed by atoms with Crippen LogP contribution in [-0.4, -0.2) is 137 Å². The van der Waals surface area contributed by atoms with E-state index in [4.69, 9.17) is 41.3 Å². The molecule has 0 aromatic carbocycles. The number of aliphatic imine (C=N–C) groups is 1. The predicted octanol–water partition coefficient (Wildman–Crippen LogP) is 17.0. The second kappa shape index (κ2) is 38.5. The molecule has 558 valence electrons. The molecule has 0 bridgehead atoms. The van der Waals surface area contributed by atoms with Gasteiger partial charge in [-0.3, -0.25) is 29.1 Å². The summed E-state index contributed by atoms with van der Waals surface area (Å²) in [6, 6.07) is 18.2. The monoisotopic (exact) mass is 1420 g/mol. The van der Waals surface area contributed by atoms with E-state index in [0.29, 0.717) is 64.9 Å². The lowest BCUT2D eigenvalue weighted by atomic mass is 9.84. The average molecular weight is 1420 g/mol. The number of allylic oxidation sites excluding steroid dienone is 2. The number of halogens is 1. The number of methoxy groups -OCH3 is 4. The summed E-state index contributed by atoms with van der Waals surface area (Å²) < 4.78 is 21.5. The normalized spacial score (nSPS) is 21.1. The van der Waals surface area contributed by atoms with Gasteiger partial charge in [-0.2, -0.15) is 4.98 Å². The SMILES string of the molecule is CC1(C)CC=C(Cl)N(C=O)CC1.CC1(C)CCC(=O)N(C=O)CC1.COc1ncccc1C1=CCC(C)(C)CCN1C=O.COc1ncccc1C1=NCCC(C)(C)CC1.COc1ncccc1C1CCC(C)(C)CCN1c1cc(C)nc(N)n1.COc1ncccc1C1CCCC(C)(C)CC1. The number of nitrogen functional groups attached to an aromatic ring is 1. The molecule has 10 heterocycles. The number of aryl methyl sites for hydroxylation is 1. The van der Waals surface area contributed by atoms with Crippen molar-refractivity contribution in [3.8, 4) is 23.5 Å². The molecule has 1 saturated carbocycles. The van der Waals surface area contributed by atoms with Crippen molar-refractivity contribution in [3.63, 3.8) is 0 Å². The summed E-state index contributed by atoms with van der Waals surface area (Å²) in [6.45, 7) is 32.9. The van der Waals surface area contributed by atoms with Gasteiger partial charge in [0.1, 0.15) is 11.0 Å². The quantitative estimate of drug-likeness (QED) is 0.0695. The van der Waals surface area contributed by atoms with Crippen LogP contribution in [0.5, 0.6) is 23.5 Å². The first-order valence-corrected chi connectivity index (χ1v) is 36.8. The Morgan fingerprint density at radius 1 is 0.510 bits per heavy atom. The van der Waals surface area contributed by atoms with Crippen molar-refractivity contribution in [1.82, 2.24) is 44.6 Å². The van der Waals surface area contributed by atoms with Crippen molar-refractivity contribution in [1.29, 1.82) is 0 Å². The van der Waals surface area contributed by atoms with Crippen molar-refractivity contribution in [2.45, 2.75) is 218 Å². The zero-order chi connectivity index (χ0) is 74.9. The minimum atomic E-state index is -0.0319. The number of nitrogens with zero attached hydrogens (tertiary/aromatic N) is 11. The minimum Gasteiger partial charge on any atom is -0.481 e. The molecule has 20 nitrogen and oxygen atoms in total. The van der Waals surface area contributed by atoms with Gasteiger partial charge >= 0.3 is 0 Å². The summed E-state index contributed by atoms with van der Waals surface area (Å²) in [5, 5.41) is 0.565. The van der Waals surface area contributed by atoms with Crippen molar-refractivity contribution in [3.05, 3.63) is 125 Å². The number of imide groups is 1. The highest BCUT2D eigenvalue weighted by atomic mass is 35.5. The Labute approximate surface area is 614 Å². The summed E-state index contributed by atoms with van der Waals surface area (Å²) in [4.78, 5) is 81.0. The highest BCUT2D eigenvalue weighted by Gasteiger charge is 2.35. The second-order valence-corrected chi connectivity index (χ2v) is 32.7. The predicted molar refractivity (Wildman–Crippen MR) is 410 cm³/mol. The Morgan fingerprint density at radius 3 is 1.60 bits per heavy atom. The van der Waals surface area contributed by atoms with Gasteiger partial charge in [0.15, 0.2) is 0 Å². The fourth-order valence-electron chi connectivity index (χ4n) is 13.4. The van der Waals surface area contributed by atoms with Crippen LogP contribution in [0.15, 0.2) is 102 Å². The summed E-state index contributed by atoms with van der Waals surface area (Å²) in [7, 11) is 6.64. The van der Waals surface area contributed by atoms with Crippen LogP contribution in [0.25, 0.3) is 5.70 Å². The molecule has 0 spiro atoms. The topological polar surface area (TPSA) is 234 Å². The lowest BCUT2D eigenvalue weighted by Crippen LogP contribution is -2.30. The van der Waals surface area contributed by atoms with Crippen LogP contribution < -0.4 is 29.6 Å². The van der Waals surface area contributed by atoms with E-state index in [2.05, 4.69) is 136 Å². The van der Waals surface area contributed by atoms with Crippen molar-refractivity contribution >= 4 is 59.9 Å². The number of hydrogen-bond acceptors (Lipinski definition) is 17. The van der Waals surface area contributed by atoms with E-state index in [0.717, 1.165) is 155 Å². The van der Waals surface area contributed by atoms with Crippen LogP contribution in [0.2, 0.25) is 0 Å². The third-order valence-electron chi connectivity index (χ3n) is 20.7. The molecule has 2 unspecified atom stereocenters. The molecular weight excluding hydrogens is 1300 g/mol. The Hall–Kier alpha value is -8.00. The van der Waals surface area contributed by atoms with E-state index in [1.54, 1.807) is 56.8 Å². The number of nitrogens with two attached hydrogens (primary N) is 1. The average Bonchev–Trinajstić information content (AvgIpc) is 1.49. The van der Waals surface area contributed by atoms with Gasteiger partial charge in [0.2, 0.25) is 54.6 Å². The van der Waals surface area contributed by atoms with Gasteiger partial charge in [-0.05, 0) is 191 Å². The fraction of sp³-hybridized carbons (Fsp3) is 0.593. The number of ether oxygens (including phenoxy) is 4. The third-order valence-corrected chi connectivity index (χ3v) is 21.1.